The maximum Gasteiger partial charge on any atom is 2.00 e. The van der Waals surface area contributed by atoms with E-state index in [4.69, 9.17) is 5.11 Å². The van der Waals surface area contributed by atoms with Crippen molar-refractivity contribution in [1.29, 1.82) is 0 Å². The molecule has 7 heavy (non-hydrogen) atoms. The summed E-state index contributed by atoms with van der Waals surface area (Å²) in [6, 6.07) is 0. The summed E-state index contributed by atoms with van der Waals surface area (Å²) in [4.78, 5) is 9.37. The predicted molar refractivity (Wildman–Crippen MR) is 27.0 cm³/mol. The van der Waals surface area contributed by atoms with Crippen molar-refractivity contribution < 1.29 is 65.6 Å². The van der Waals surface area contributed by atoms with Crippen LogP contribution in [0.2, 0.25) is 0 Å². The molecule has 0 radical (unpaired) electrons. The standard InChI is InChI=1S/C3H6O2.Ca.K.3H/c1-2-3(4)5;;;;;/h2H2,1H3,(H,4,5);;;;;/q;+2;+1;3*-1. The van der Waals surface area contributed by atoms with E-state index in [-0.39, 0.29) is 99.8 Å². The second-order valence-corrected chi connectivity index (χ2v) is 0.747. The van der Waals surface area contributed by atoms with Gasteiger partial charge in [-0.25, -0.2) is 0 Å². The van der Waals surface area contributed by atoms with Crippen LogP contribution >= 0.6 is 0 Å². The number of hydrogen-bond acceptors (Lipinski definition) is 1. The van der Waals surface area contributed by atoms with Crippen LogP contribution in [0.15, 0.2) is 0 Å². The normalized spacial score (nSPS) is 5.29. The van der Waals surface area contributed by atoms with Crippen LogP contribution in [0.1, 0.15) is 17.6 Å². The summed E-state index contributed by atoms with van der Waals surface area (Å²) in [7, 11) is 0. The van der Waals surface area contributed by atoms with Crippen LogP contribution in [0, 0.1) is 0 Å². The number of carboxylic acids is 1. The molecule has 0 saturated carbocycles. The number of aliphatic carboxylic acids is 1. The van der Waals surface area contributed by atoms with Gasteiger partial charge in [0.1, 0.15) is 0 Å². The average molecular weight is 156 g/mol. The largest absolute Gasteiger partial charge is 2.00 e. The molecule has 0 fully saturated rings. The van der Waals surface area contributed by atoms with Gasteiger partial charge in [0.25, 0.3) is 0 Å². The first kappa shape index (κ1) is 16.2. The van der Waals surface area contributed by atoms with Crippen molar-refractivity contribution in [2.75, 3.05) is 0 Å². The minimum Gasteiger partial charge on any atom is -1.00 e. The zero-order valence-corrected chi connectivity index (χ0v) is 10.1. The third kappa shape index (κ3) is 17.8. The van der Waals surface area contributed by atoms with Gasteiger partial charge >= 0.3 is 95.1 Å². The zero-order valence-electron chi connectivity index (χ0n) is 7.77. The second kappa shape index (κ2) is 11.2. The summed E-state index contributed by atoms with van der Waals surface area (Å²) in [6.07, 6.45) is 0.222. The molecule has 36 valence electrons. The van der Waals surface area contributed by atoms with E-state index >= 15 is 0 Å². The van der Waals surface area contributed by atoms with Crippen molar-refractivity contribution in [3.05, 3.63) is 0 Å². The van der Waals surface area contributed by atoms with Crippen molar-refractivity contribution in [1.82, 2.24) is 0 Å². The Morgan fingerprint density at radius 3 is 2.00 bits per heavy atom. The molecule has 0 atom stereocenters. The minimum absolute atomic E-state index is 0. The summed E-state index contributed by atoms with van der Waals surface area (Å²) in [6.45, 7) is 1.60. The van der Waals surface area contributed by atoms with Gasteiger partial charge in [-0.2, -0.15) is 0 Å². The molecule has 0 bridgehead atoms. The Morgan fingerprint density at radius 2 is 2.00 bits per heavy atom. The topological polar surface area (TPSA) is 37.3 Å². The maximum absolute atomic E-state index is 9.37. The van der Waals surface area contributed by atoms with E-state index < -0.39 is 5.97 Å². The molecule has 1 N–H and O–H groups in total. The van der Waals surface area contributed by atoms with Crippen LogP contribution < -0.4 is 51.4 Å². The Kier molecular flexibility index (Phi) is 25.9. The molecule has 0 aliphatic heterocycles. The molecule has 0 unspecified atom stereocenters. The van der Waals surface area contributed by atoms with Crippen molar-refractivity contribution in [3.8, 4) is 0 Å². The fourth-order valence-corrected chi connectivity index (χ4v) is 0. The first-order valence-electron chi connectivity index (χ1n) is 1.49. The van der Waals surface area contributed by atoms with E-state index in [9.17, 15) is 4.79 Å². The van der Waals surface area contributed by atoms with Gasteiger partial charge in [-0.05, 0) is 0 Å². The Labute approximate surface area is 120 Å². The van der Waals surface area contributed by atoms with Gasteiger partial charge in [-0.3, -0.25) is 4.79 Å². The van der Waals surface area contributed by atoms with Gasteiger partial charge in [0.2, 0.25) is 0 Å². The molecule has 0 aromatic carbocycles. The Hall–Kier alpha value is 2.37. The number of carboxylic acid groups (broad SMARTS) is 1. The molecular formula is C3H9CaKO2. The van der Waals surface area contributed by atoms with Gasteiger partial charge in [0.15, 0.2) is 0 Å². The summed E-state index contributed by atoms with van der Waals surface area (Å²) < 4.78 is 0. The molecule has 0 aromatic rings. The predicted octanol–water partition coefficient (Wildman–Crippen LogP) is -2.56. The number of rotatable bonds is 1. The van der Waals surface area contributed by atoms with Crippen LogP contribution in [0.4, 0.5) is 0 Å². The Bertz CT molecular complexity index is 57.0. The van der Waals surface area contributed by atoms with Crippen molar-refractivity contribution in [2.24, 2.45) is 0 Å². The molecule has 0 heterocycles. The summed E-state index contributed by atoms with van der Waals surface area (Å²) >= 11 is 0. The molecule has 0 rings (SSSR count). The Balaban J connectivity index is -0.00000000800. The molecule has 0 aromatic heterocycles. The molecule has 0 saturated heterocycles. The van der Waals surface area contributed by atoms with Crippen molar-refractivity contribution in [2.45, 2.75) is 13.3 Å². The average Bonchev–Trinajstić information content (AvgIpc) is 1.38. The molecular weight excluding hydrogens is 147 g/mol. The van der Waals surface area contributed by atoms with Crippen LogP contribution in [0.3, 0.4) is 0 Å². The van der Waals surface area contributed by atoms with Crippen LogP contribution in [0.5, 0.6) is 0 Å². The second-order valence-electron chi connectivity index (χ2n) is 0.747. The molecule has 0 spiro atoms. The van der Waals surface area contributed by atoms with Gasteiger partial charge in [0, 0.05) is 6.42 Å². The van der Waals surface area contributed by atoms with Crippen molar-refractivity contribution >= 4 is 43.7 Å². The molecule has 0 amide bonds. The first-order chi connectivity index (χ1) is 2.27. The smallest absolute Gasteiger partial charge is 1.00 e. The number of hydrogen-bond donors (Lipinski definition) is 1. The van der Waals surface area contributed by atoms with Crippen LogP contribution in [-0.4, -0.2) is 48.8 Å². The fraction of sp³-hybridized carbons (Fsp3) is 0.667. The maximum atomic E-state index is 9.37. The summed E-state index contributed by atoms with van der Waals surface area (Å²) in [5, 5.41) is 7.72. The Morgan fingerprint density at radius 1 is 1.86 bits per heavy atom. The SMILES string of the molecule is CCC(=O)O.[Ca+2].[H-].[H-].[H-].[K+]. The molecule has 0 aliphatic carbocycles. The molecule has 0 aliphatic rings. The molecule has 2 nitrogen and oxygen atoms in total. The van der Waals surface area contributed by atoms with Gasteiger partial charge in [0.05, 0.1) is 0 Å². The third-order valence-corrected chi connectivity index (χ3v) is 0.302. The summed E-state index contributed by atoms with van der Waals surface area (Å²) in [5.41, 5.74) is 0. The van der Waals surface area contributed by atoms with Crippen LogP contribution in [0.25, 0.3) is 0 Å². The zero-order chi connectivity index (χ0) is 4.28. The summed E-state index contributed by atoms with van der Waals surface area (Å²) in [5.74, 6) is -0.745. The fourth-order valence-electron chi connectivity index (χ4n) is 0. The number of carbonyl (C=O) groups is 1. The van der Waals surface area contributed by atoms with E-state index in [1.807, 2.05) is 0 Å². The van der Waals surface area contributed by atoms with Crippen molar-refractivity contribution in [3.63, 3.8) is 0 Å². The monoisotopic (exact) mass is 156 g/mol. The minimum atomic E-state index is -0.745. The van der Waals surface area contributed by atoms with E-state index in [1.54, 1.807) is 6.92 Å². The molecule has 4 heteroatoms. The quantitative estimate of drug-likeness (QED) is 0.424. The van der Waals surface area contributed by atoms with E-state index in [0.717, 1.165) is 0 Å². The van der Waals surface area contributed by atoms with Crippen LogP contribution in [-0.2, 0) is 4.79 Å². The first-order valence-corrected chi connectivity index (χ1v) is 1.49. The van der Waals surface area contributed by atoms with E-state index in [2.05, 4.69) is 0 Å². The van der Waals surface area contributed by atoms with Gasteiger partial charge in [-0.1, -0.05) is 6.92 Å². The van der Waals surface area contributed by atoms with Gasteiger partial charge in [-0.15, -0.1) is 0 Å². The third-order valence-electron chi connectivity index (χ3n) is 0.302. The van der Waals surface area contributed by atoms with E-state index in [0.29, 0.717) is 0 Å². The van der Waals surface area contributed by atoms with E-state index in [1.165, 1.54) is 0 Å². The van der Waals surface area contributed by atoms with Gasteiger partial charge < -0.3 is 9.39 Å².